The van der Waals surface area contributed by atoms with Crippen LogP contribution in [0.4, 0.5) is 0 Å². The molecule has 1 saturated heterocycles. The van der Waals surface area contributed by atoms with Gasteiger partial charge >= 0.3 is 0 Å². The van der Waals surface area contributed by atoms with E-state index in [0.29, 0.717) is 10.8 Å². The average Bonchev–Trinajstić information content (AvgIpc) is 2.66. The summed E-state index contributed by atoms with van der Waals surface area (Å²) in [7, 11) is 2.07. The molecule has 0 aromatic carbocycles. The Morgan fingerprint density at radius 3 is 2.33 bits per heavy atom. The Labute approximate surface area is 111 Å². The molecule has 1 fully saturated rings. The monoisotopic (exact) mass is 249 g/mol. The molecule has 2 heterocycles. The highest BCUT2D eigenvalue weighted by Gasteiger charge is 2.39. The number of aromatic nitrogens is 2. The van der Waals surface area contributed by atoms with E-state index >= 15 is 0 Å². The summed E-state index contributed by atoms with van der Waals surface area (Å²) in [6.07, 6.45) is 6.50. The lowest BCUT2D eigenvalue weighted by molar-refractivity contribution is 0.0187. The van der Waals surface area contributed by atoms with Gasteiger partial charge in [0.05, 0.1) is 6.54 Å². The van der Waals surface area contributed by atoms with Gasteiger partial charge in [0.1, 0.15) is 5.82 Å². The maximum atomic E-state index is 4.42. The molecule has 0 saturated carbocycles. The van der Waals surface area contributed by atoms with Crippen molar-refractivity contribution in [2.75, 3.05) is 13.1 Å². The minimum Gasteiger partial charge on any atom is -0.337 e. The van der Waals surface area contributed by atoms with Gasteiger partial charge < -0.3 is 4.57 Å². The normalized spacial score (nSPS) is 21.2. The van der Waals surface area contributed by atoms with Crippen molar-refractivity contribution in [2.24, 2.45) is 17.9 Å². The fourth-order valence-corrected chi connectivity index (χ4v) is 2.70. The average molecular weight is 249 g/mol. The third-order valence-electron chi connectivity index (χ3n) is 5.06. The molecule has 18 heavy (non-hydrogen) atoms. The van der Waals surface area contributed by atoms with Gasteiger partial charge in [-0.25, -0.2) is 4.98 Å². The van der Waals surface area contributed by atoms with Crippen LogP contribution in [0.3, 0.4) is 0 Å². The maximum absolute atomic E-state index is 4.42. The topological polar surface area (TPSA) is 21.1 Å². The lowest BCUT2D eigenvalue weighted by Gasteiger charge is -2.47. The van der Waals surface area contributed by atoms with Crippen molar-refractivity contribution < 1.29 is 0 Å². The van der Waals surface area contributed by atoms with Gasteiger partial charge in [0.15, 0.2) is 0 Å². The van der Waals surface area contributed by atoms with E-state index in [1.807, 2.05) is 12.4 Å². The van der Waals surface area contributed by atoms with Crippen LogP contribution >= 0.6 is 0 Å². The van der Waals surface area contributed by atoms with Crippen molar-refractivity contribution in [3.8, 4) is 0 Å². The summed E-state index contributed by atoms with van der Waals surface area (Å²) in [4.78, 5) is 6.95. The van der Waals surface area contributed by atoms with Gasteiger partial charge in [0, 0.05) is 19.4 Å². The van der Waals surface area contributed by atoms with E-state index in [-0.39, 0.29) is 0 Å². The largest absolute Gasteiger partial charge is 0.337 e. The third kappa shape index (κ3) is 2.61. The second kappa shape index (κ2) is 4.69. The van der Waals surface area contributed by atoms with Crippen molar-refractivity contribution in [1.82, 2.24) is 14.5 Å². The van der Waals surface area contributed by atoms with Crippen LogP contribution in [-0.4, -0.2) is 27.5 Å². The standard InChI is InChI=1S/C15H27N3/c1-14(2,3)15(4)6-9-18(10-7-15)12-13-16-8-11-17(13)5/h8,11H,6-7,9-10,12H2,1-5H3. The van der Waals surface area contributed by atoms with Crippen LogP contribution in [0.25, 0.3) is 0 Å². The Morgan fingerprint density at radius 1 is 1.28 bits per heavy atom. The number of imidazole rings is 1. The van der Waals surface area contributed by atoms with Crippen LogP contribution in [0.15, 0.2) is 12.4 Å². The van der Waals surface area contributed by atoms with E-state index in [0.717, 1.165) is 6.54 Å². The third-order valence-corrected chi connectivity index (χ3v) is 5.06. The Bertz CT molecular complexity index is 392. The van der Waals surface area contributed by atoms with Crippen LogP contribution < -0.4 is 0 Å². The summed E-state index contributed by atoms with van der Waals surface area (Å²) >= 11 is 0. The molecule has 1 aliphatic rings. The molecule has 2 rings (SSSR count). The summed E-state index contributed by atoms with van der Waals surface area (Å²) in [6, 6.07) is 0. The highest BCUT2D eigenvalue weighted by Crippen LogP contribution is 2.46. The van der Waals surface area contributed by atoms with E-state index in [2.05, 4.69) is 49.2 Å². The van der Waals surface area contributed by atoms with Crippen LogP contribution in [0.5, 0.6) is 0 Å². The minimum absolute atomic E-state index is 0.405. The molecular formula is C15H27N3. The molecule has 0 aliphatic carbocycles. The van der Waals surface area contributed by atoms with Gasteiger partial charge in [0.25, 0.3) is 0 Å². The number of hydrogen-bond acceptors (Lipinski definition) is 2. The van der Waals surface area contributed by atoms with E-state index in [1.54, 1.807) is 0 Å². The van der Waals surface area contributed by atoms with Crippen LogP contribution in [0, 0.1) is 10.8 Å². The summed E-state index contributed by atoms with van der Waals surface area (Å²) in [5, 5.41) is 0. The zero-order chi connectivity index (χ0) is 13.4. The lowest BCUT2D eigenvalue weighted by Crippen LogP contribution is -2.44. The molecule has 0 atom stereocenters. The summed E-state index contributed by atoms with van der Waals surface area (Å²) in [6.45, 7) is 13.0. The number of hydrogen-bond donors (Lipinski definition) is 0. The number of piperidine rings is 1. The van der Waals surface area contributed by atoms with Crippen molar-refractivity contribution in [3.05, 3.63) is 18.2 Å². The predicted octanol–water partition coefficient (Wildman–Crippen LogP) is 3.07. The highest BCUT2D eigenvalue weighted by atomic mass is 15.2. The van der Waals surface area contributed by atoms with Gasteiger partial charge in [0.2, 0.25) is 0 Å². The number of likely N-dealkylation sites (tertiary alicyclic amines) is 1. The minimum atomic E-state index is 0.405. The number of nitrogens with zero attached hydrogens (tertiary/aromatic N) is 3. The molecule has 0 amide bonds. The van der Waals surface area contributed by atoms with Crippen molar-refractivity contribution in [2.45, 2.75) is 47.1 Å². The molecule has 0 spiro atoms. The molecule has 1 aliphatic heterocycles. The first-order valence-electron chi connectivity index (χ1n) is 7.00. The Hall–Kier alpha value is -0.830. The molecule has 0 unspecified atom stereocenters. The molecule has 0 bridgehead atoms. The number of aryl methyl sites for hydroxylation is 1. The van der Waals surface area contributed by atoms with Crippen molar-refractivity contribution >= 4 is 0 Å². The second-order valence-corrected chi connectivity index (χ2v) is 7.04. The lowest BCUT2D eigenvalue weighted by atomic mass is 9.63. The van der Waals surface area contributed by atoms with E-state index < -0.39 is 0 Å². The van der Waals surface area contributed by atoms with Gasteiger partial charge in [-0.15, -0.1) is 0 Å². The molecule has 1 aromatic heterocycles. The second-order valence-electron chi connectivity index (χ2n) is 7.04. The van der Waals surface area contributed by atoms with E-state index in [1.165, 1.54) is 31.8 Å². The molecule has 3 heteroatoms. The van der Waals surface area contributed by atoms with Crippen molar-refractivity contribution in [3.63, 3.8) is 0 Å². The first kappa shape index (κ1) is 13.6. The van der Waals surface area contributed by atoms with E-state index in [9.17, 15) is 0 Å². The molecule has 0 radical (unpaired) electrons. The Morgan fingerprint density at radius 2 is 1.89 bits per heavy atom. The first-order chi connectivity index (χ1) is 8.32. The maximum Gasteiger partial charge on any atom is 0.122 e. The molecule has 1 aromatic rings. The quantitative estimate of drug-likeness (QED) is 0.803. The fraction of sp³-hybridized carbons (Fsp3) is 0.800. The van der Waals surface area contributed by atoms with Crippen LogP contribution in [-0.2, 0) is 13.6 Å². The summed E-state index contributed by atoms with van der Waals surface area (Å²) < 4.78 is 2.12. The smallest absolute Gasteiger partial charge is 0.122 e. The summed E-state index contributed by atoms with van der Waals surface area (Å²) in [5.41, 5.74) is 0.882. The Kier molecular flexibility index (Phi) is 3.54. The molecular weight excluding hydrogens is 222 g/mol. The van der Waals surface area contributed by atoms with Gasteiger partial charge in [-0.1, -0.05) is 27.7 Å². The van der Waals surface area contributed by atoms with Gasteiger partial charge in [-0.05, 0) is 36.8 Å². The Balaban J connectivity index is 1.93. The van der Waals surface area contributed by atoms with Crippen LogP contribution in [0.1, 0.15) is 46.4 Å². The zero-order valence-corrected chi connectivity index (χ0v) is 12.5. The molecule has 0 N–H and O–H groups in total. The van der Waals surface area contributed by atoms with E-state index in [4.69, 9.17) is 0 Å². The summed E-state index contributed by atoms with van der Waals surface area (Å²) in [5.74, 6) is 1.18. The predicted molar refractivity (Wildman–Crippen MR) is 75.3 cm³/mol. The van der Waals surface area contributed by atoms with Crippen LogP contribution in [0.2, 0.25) is 0 Å². The number of rotatable bonds is 2. The fourth-order valence-electron chi connectivity index (χ4n) is 2.70. The SMILES string of the molecule is Cn1ccnc1CN1CCC(C)(C(C)(C)C)CC1. The highest BCUT2D eigenvalue weighted by molar-refractivity contribution is 4.95. The first-order valence-corrected chi connectivity index (χ1v) is 7.00. The van der Waals surface area contributed by atoms with Crippen molar-refractivity contribution in [1.29, 1.82) is 0 Å². The molecule has 102 valence electrons. The van der Waals surface area contributed by atoms with Gasteiger partial charge in [-0.2, -0.15) is 0 Å². The zero-order valence-electron chi connectivity index (χ0n) is 12.5. The molecule has 3 nitrogen and oxygen atoms in total. The van der Waals surface area contributed by atoms with Gasteiger partial charge in [-0.3, -0.25) is 4.90 Å².